The first-order chi connectivity index (χ1) is 9.85. The molecule has 0 aromatic heterocycles. The Morgan fingerprint density at radius 3 is 2.33 bits per heavy atom. The first-order valence-electron chi connectivity index (χ1n) is 7.25. The Hall–Kier alpha value is -1.11. The van der Waals surface area contributed by atoms with Crippen LogP contribution < -0.4 is 10.5 Å². The van der Waals surface area contributed by atoms with E-state index in [4.69, 9.17) is 10.5 Å². The Balaban J connectivity index is 2.09. The van der Waals surface area contributed by atoms with Crippen molar-refractivity contribution in [1.82, 2.24) is 0 Å². The van der Waals surface area contributed by atoms with Gasteiger partial charge in [0.1, 0.15) is 0 Å². The molecule has 0 aliphatic carbocycles. The fourth-order valence-corrected chi connectivity index (χ4v) is 3.79. The molecule has 0 unspecified atom stereocenters. The Morgan fingerprint density at radius 2 is 1.81 bits per heavy atom. The molecule has 21 heavy (non-hydrogen) atoms. The van der Waals surface area contributed by atoms with Gasteiger partial charge in [0, 0.05) is 30.9 Å². The topological polar surface area (TPSA) is 81.4 Å². The normalized spacial score (nSPS) is 17.7. The minimum Gasteiger partial charge on any atom is -0.381 e. The third kappa shape index (κ3) is 3.96. The van der Waals surface area contributed by atoms with Gasteiger partial charge in [-0.25, -0.2) is 8.42 Å². The molecule has 1 heterocycles. The maximum atomic E-state index is 12.3. The van der Waals surface area contributed by atoms with E-state index in [9.17, 15) is 8.42 Å². The molecule has 0 bridgehead atoms. The van der Waals surface area contributed by atoms with Gasteiger partial charge in [-0.05, 0) is 30.5 Å². The van der Waals surface area contributed by atoms with Crippen molar-refractivity contribution in [3.8, 4) is 0 Å². The van der Waals surface area contributed by atoms with Gasteiger partial charge in [0.25, 0.3) is 0 Å². The molecular formula is C15H24N2O3S. The molecule has 0 amide bonds. The van der Waals surface area contributed by atoms with Crippen LogP contribution in [0.3, 0.4) is 0 Å². The standard InChI is InChI=1S/C15H24N2O3S/c1-15(2,11-16)12-3-5-13(6-4-12)17-21(18,19)14-7-9-20-10-8-14/h3-6,14,17H,7-11,16H2,1-2H3. The fourth-order valence-electron chi connectivity index (χ4n) is 2.34. The fraction of sp³-hybridized carbons (Fsp3) is 0.600. The molecule has 1 aromatic rings. The lowest BCUT2D eigenvalue weighted by Gasteiger charge is -2.24. The van der Waals surface area contributed by atoms with Gasteiger partial charge in [0.15, 0.2) is 0 Å². The van der Waals surface area contributed by atoms with Crippen molar-refractivity contribution in [2.45, 2.75) is 37.4 Å². The number of anilines is 1. The molecule has 1 aliphatic rings. The van der Waals surface area contributed by atoms with Gasteiger partial charge in [-0.2, -0.15) is 0 Å². The van der Waals surface area contributed by atoms with E-state index in [0.29, 0.717) is 38.3 Å². The predicted molar refractivity (Wildman–Crippen MR) is 84.9 cm³/mol. The van der Waals surface area contributed by atoms with E-state index in [1.54, 1.807) is 12.1 Å². The van der Waals surface area contributed by atoms with Crippen LogP contribution in [0.5, 0.6) is 0 Å². The van der Waals surface area contributed by atoms with Gasteiger partial charge in [0.05, 0.1) is 5.25 Å². The van der Waals surface area contributed by atoms with Crippen LogP contribution in [0.4, 0.5) is 5.69 Å². The first kappa shape index (κ1) is 16.3. The molecule has 118 valence electrons. The molecule has 6 heteroatoms. The molecule has 1 aliphatic heterocycles. The van der Waals surface area contributed by atoms with Crippen molar-refractivity contribution < 1.29 is 13.2 Å². The molecule has 3 N–H and O–H groups in total. The van der Waals surface area contributed by atoms with Crippen molar-refractivity contribution in [3.63, 3.8) is 0 Å². The number of benzene rings is 1. The third-order valence-electron chi connectivity index (χ3n) is 4.04. The summed E-state index contributed by atoms with van der Waals surface area (Å²) in [5.41, 5.74) is 7.33. The van der Waals surface area contributed by atoms with Crippen LogP contribution in [0.25, 0.3) is 0 Å². The van der Waals surface area contributed by atoms with Crippen molar-refractivity contribution in [2.24, 2.45) is 5.73 Å². The van der Waals surface area contributed by atoms with Crippen LogP contribution >= 0.6 is 0 Å². The van der Waals surface area contributed by atoms with E-state index >= 15 is 0 Å². The highest BCUT2D eigenvalue weighted by Crippen LogP contribution is 2.25. The average Bonchev–Trinajstić information content (AvgIpc) is 2.48. The lowest BCUT2D eigenvalue weighted by atomic mass is 9.85. The van der Waals surface area contributed by atoms with Gasteiger partial charge in [-0.3, -0.25) is 4.72 Å². The van der Waals surface area contributed by atoms with E-state index < -0.39 is 10.0 Å². The summed E-state index contributed by atoms with van der Waals surface area (Å²) in [4.78, 5) is 0. The molecule has 5 nitrogen and oxygen atoms in total. The molecular weight excluding hydrogens is 288 g/mol. The highest BCUT2D eigenvalue weighted by atomic mass is 32.2. The predicted octanol–water partition coefficient (Wildman–Crippen LogP) is 1.84. The number of rotatable bonds is 5. The monoisotopic (exact) mass is 312 g/mol. The zero-order chi connectivity index (χ0) is 15.5. The summed E-state index contributed by atoms with van der Waals surface area (Å²) in [7, 11) is -3.34. The van der Waals surface area contributed by atoms with Gasteiger partial charge in [-0.15, -0.1) is 0 Å². The minimum atomic E-state index is -3.34. The summed E-state index contributed by atoms with van der Waals surface area (Å²) in [6, 6.07) is 7.44. The van der Waals surface area contributed by atoms with Crippen molar-refractivity contribution >= 4 is 15.7 Å². The van der Waals surface area contributed by atoms with Crippen LogP contribution in [0.2, 0.25) is 0 Å². The van der Waals surface area contributed by atoms with Crippen LogP contribution in [-0.2, 0) is 20.2 Å². The van der Waals surface area contributed by atoms with Crippen LogP contribution in [-0.4, -0.2) is 33.4 Å². The van der Waals surface area contributed by atoms with Crippen LogP contribution in [0, 0.1) is 0 Å². The molecule has 2 rings (SSSR count). The summed E-state index contributed by atoms with van der Waals surface area (Å²) in [5.74, 6) is 0. The summed E-state index contributed by atoms with van der Waals surface area (Å²) >= 11 is 0. The Kier molecular flexibility index (Phi) is 4.91. The lowest BCUT2D eigenvalue weighted by Crippen LogP contribution is -2.33. The Morgan fingerprint density at radius 1 is 1.24 bits per heavy atom. The average molecular weight is 312 g/mol. The zero-order valence-corrected chi connectivity index (χ0v) is 13.4. The van der Waals surface area contributed by atoms with Crippen molar-refractivity contribution in [3.05, 3.63) is 29.8 Å². The van der Waals surface area contributed by atoms with E-state index in [2.05, 4.69) is 18.6 Å². The number of nitrogens with one attached hydrogen (secondary N) is 1. The maximum absolute atomic E-state index is 12.3. The van der Waals surface area contributed by atoms with Gasteiger partial charge < -0.3 is 10.5 Å². The van der Waals surface area contributed by atoms with Crippen molar-refractivity contribution in [1.29, 1.82) is 0 Å². The second kappa shape index (κ2) is 6.34. The molecule has 0 atom stereocenters. The number of nitrogens with two attached hydrogens (primary N) is 1. The Labute approximate surface area is 126 Å². The Bertz CT molecular complexity index is 561. The molecule has 1 aromatic carbocycles. The second-order valence-corrected chi connectivity index (χ2v) is 8.08. The highest BCUT2D eigenvalue weighted by Gasteiger charge is 2.27. The third-order valence-corrected chi connectivity index (χ3v) is 5.91. The second-order valence-electron chi connectivity index (χ2n) is 6.12. The molecule has 0 radical (unpaired) electrons. The quantitative estimate of drug-likeness (QED) is 0.869. The van der Waals surface area contributed by atoms with E-state index in [1.807, 2.05) is 12.1 Å². The number of sulfonamides is 1. The lowest BCUT2D eigenvalue weighted by molar-refractivity contribution is 0.0984. The van der Waals surface area contributed by atoms with Gasteiger partial charge in [0.2, 0.25) is 10.0 Å². The van der Waals surface area contributed by atoms with Gasteiger partial charge >= 0.3 is 0 Å². The SMILES string of the molecule is CC(C)(CN)c1ccc(NS(=O)(=O)C2CCOCC2)cc1. The smallest absolute Gasteiger partial charge is 0.235 e. The zero-order valence-electron chi connectivity index (χ0n) is 12.6. The van der Waals surface area contributed by atoms with Crippen LogP contribution in [0.15, 0.2) is 24.3 Å². The first-order valence-corrected chi connectivity index (χ1v) is 8.80. The molecule has 0 saturated carbocycles. The number of hydrogen-bond acceptors (Lipinski definition) is 4. The van der Waals surface area contributed by atoms with Crippen molar-refractivity contribution in [2.75, 3.05) is 24.5 Å². The molecule has 1 fully saturated rings. The summed E-state index contributed by atoms with van der Waals surface area (Å²) in [6.07, 6.45) is 1.10. The summed E-state index contributed by atoms with van der Waals surface area (Å²) in [5, 5.41) is -0.369. The van der Waals surface area contributed by atoms with Gasteiger partial charge in [-0.1, -0.05) is 26.0 Å². The van der Waals surface area contributed by atoms with E-state index in [1.165, 1.54) is 0 Å². The van der Waals surface area contributed by atoms with Crippen LogP contribution in [0.1, 0.15) is 32.3 Å². The molecule has 0 spiro atoms. The number of ether oxygens (including phenoxy) is 1. The highest BCUT2D eigenvalue weighted by molar-refractivity contribution is 7.93. The minimum absolute atomic E-state index is 0.113. The largest absolute Gasteiger partial charge is 0.381 e. The number of hydrogen-bond donors (Lipinski definition) is 2. The maximum Gasteiger partial charge on any atom is 0.235 e. The summed E-state index contributed by atoms with van der Waals surface area (Å²) < 4.78 is 32.5. The molecule has 1 saturated heterocycles. The summed E-state index contributed by atoms with van der Waals surface area (Å²) in [6.45, 7) is 5.69. The van der Waals surface area contributed by atoms with E-state index in [-0.39, 0.29) is 10.7 Å². The van der Waals surface area contributed by atoms with E-state index in [0.717, 1.165) is 5.56 Å².